The lowest BCUT2D eigenvalue weighted by atomic mass is 10.2. The van der Waals surface area contributed by atoms with Gasteiger partial charge in [0.05, 0.1) is 25.3 Å². The second-order valence-corrected chi connectivity index (χ2v) is 6.27. The van der Waals surface area contributed by atoms with Crippen molar-refractivity contribution >= 4 is 17.6 Å². The van der Waals surface area contributed by atoms with Crippen molar-refractivity contribution in [2.45, 2.75) is 26.9 Å². The van der Waals surface area contributed by atoms with Gasteiger partial charge in [-0.2, -0.15) is 0 Å². The Labute approximate surface area is 171 Å². The van der Waals surface area contributed by atoms with Crippen molar-refractivity contribution in [1.29, 1.82) is 0 Å². The summed E-state index contributed by atoms with van der Waals surface area (Å²) in [5.74, 6) is 2.72. The van der Waals surface area contributed by atoms with Crippen LogP contribution in [0.25, 0.3) is 0 Å². The third-order valence-electron chi connectivity index (χ3n) is 3.98. The fraction of sp³-hybridized carbons (Fsp3) is 0.381. The van der Waals surface area contributed by atoms with Gasteiger partial charge in [-0.15, -0.1) is 0 Å². The van der Waals surface area contributed by atoms with Crippen molar-refractivity contribution in [3.8, 4) is 17.2 Å². The highest BCUT2D eigenvalue weighted by Crippen LogP contribution is 2.36. The van der Waals surface area contributed by atoms with Crippen LogP contribution in [0.2, 0.25) is 5.02 Å². The highest BCUT2D eigenvalue weighted by atomic mass is 35.5. The summed E-state index contributed by atoms with van der Waals surface area (Å²) in [5, 5.41) is 7.10. The van der Waals surface area contributed by atoms with Crippen molar-refractivity contribution in [2.75, 3.05) is 27.4 Å². The van der Waals surface area contributed by atoms with E-state index in [0.717, 1.165) is 16.9 Å². The average molecular weight is 406 g/mol. The van der Waals surface area contributed by atoms with Crippen LogP contribution in [0.15, 0.2) is 41.4 Å². The number of hydrogen-bond acceptors (Lipinski definition) is 4. The predicted octanol–water partition coefficient (Wildman–Crippen LogP) is 4.01. The number of nitrogens with zero attached hydrogens (tertiary/aromatic N) is 1. The molecule has 0 radical (unpaired) electrons. The van der Waals surface area contributed by atoms with E-state index in [1.54, 1.807) is 14.2 Å². The van der Waals surface area contributed by atoms with E-state index >= 15 is 0 Å². The fourth-order valence-electron chi connectivity index (χ4n) is 2.69. The van der Waals surface area contributed by atoms with E-state index in [-0.39, 0.29) is 0 Å². The molecule has 2 rings (SSSR count). The quantitative estimate of drug-likeness (QED) is 0.487. The Morgan fingerprint density at radius 1 is 1.00 bits per heavy atom. The van der Waals surface area contributed by atoms with Crippen molar-refractivity contribution in [3.05, 3.63) is 52.5 Å². The molecule has 0 atom stereocenters. The number of halogens is 1. The Balaban J connectivity index is 2.00. The Kier molecular flexibility index (Phi) is 8.75. The van der Waals surface area contributed by atoms with E-state index in [9.17, 15) is 0 Å². The molecule has 2 N–H and O–H groups in total. The lowest BCUT2D eigenvalue weighted by molar-refractivity contribution is 0.311. The number of aliphatic imine (C=N–C) groups is 1. The molecule has 6 nitrogen and oxygen atoms in total. The second-order valence-electron chi connectivity index (χ2n) is 5.86. The van der Waals surface area contributed by atoms with Crippen molar-refractivity contribution in [3.63, 3.8) is 0 Å². The van der Waals surface area contributed by atoms with Crippen LogP contribution < -0.4 is 24.8 Å². The third-order valence-corrected chi connectivity index (χ3v) is 4.26. The molecular weight excluding hydrogens is 378 g/mol. The molecular formula is C21H28ClN3O3. The van der Waals surface area contributed by atoms with Crippen molar-refractivity contribution < 1.29 is 14.2 Å². The molecule has 0 aromatic heterocycles. The number of nitrogens with one attached hydrogen (secondary N) is 2. The fourth-order valence-corrected chi connectivity index (χ4v) is 2.98. The Hall–Kier alpha value is -2.60. The molecule has 0 spiro atoms. The lowest BCUT2D eigenvalue weighted by Crippen LogP contribution is -2.36. The van der Waals surface area contributed by atoms with Gasteiger partial charge in [-0.25, -0.2) is 0 Å². The van der Waals surface area contributed by atoms with Crippen LogP contribution in [-0.4, -0.2) is 33.3 Å². The third kappa shape index (κ3) is 5.96. The summed E-state index contributed by atoms with van der Waals surface area (Å²) in [6.45, 7) is 6.17. The molecule has 28 heavy (non-hydrogen) atoms. The van der Waals surface area contributed by atoms with E-state index in [2.05, 4.69) is 15.6 Å². The molecule has 0 aliphatic rings. The maximum Gasteiger partial charge on any atom is 0.191 e. The minimum Gasteiger partial charge on any atom is -0.494 e. The Morgan fingerprint density at radius 3 is 2.39 bits per heavy atom. The largest absolute Gasteiger partial charge is 0.494 e. The number of benzene rings is 2. The van der Waals surface area contributed by atoms with E-state index in [1.165, 1.54) is 0 Å². The SMILES string of the molecule is CCOc1ccccc1CNC(=NC)NCc1cc(Cl)c(OCC)c(OC)c1. The molecule has 0 aliphatic carbocycles. The van der Waals surface area contributed by atoms with Gasteiger partial charge in [0.2, 0.25) is 0 Å². The van der Waals surface area contributed by atoms with Gasteiger partial charge >= 0.3 is 0 Å². The molecule has 2 aromatic rings. The zero-order valence-corrected chi connectivity index (χ0v) is 17.6. The highest BCUT2D eigenvalue weighted by molar-refractivity contribution is 6.32. The van der Waals surface area contributed by atoms with Gasteiger partial charge in [0.25, 0.3) is 0 Å². The number of hydrogen-bond donors (Lipinski definition) is 2. The first-order chi connectivity index (χ1) is 13.6. The smallest absolute Gasteiger partial charge is 0.191 e. The first kappa shape index (κ1) is 21.7. The monoisotopic (exact) mass is 405 g/mol. The van der Waals surface area contributed by atoms with Crippen LogP contribution in [-0.2, 0) is 13.1 Å². The van der Waals surface area contributed by atoms with E-state index in [1.807, 2.05) is 50.2 Å². The van der Waals surface area contributed by atoms with Crippen LogP contribution in [0.5, 0.6) is 17.2 Å². The maximum absolute atomic E-state index is 6.34. The van der Waals surface area contributed by atoms with Gasteiger partial charge < -0.3 is 24.8 Å². The Bertz CT molecular complexity index is 796. The standard InChI is InChI=1S/C21H28ClN3O3/c1-5-27-18-10-8-7-9-16(18)14-25-21(23-3)24-13-15-11-17(22)20(28-6-2)19(12-15)26-4/h7-12H,5-6,13-14H2,1-4H3,(H2,23,24,25). The summed E-state index contributed by atoms with van der Waals surface area (Å²) in [4.78, 5) is 4.27. The van der Waals surface area contributed by atoms with Crippen LogP contribution >= 0.6 is 11.6 Å². The number of methoxy groups -OCH3 is 1. The molecule has 0 heterocycles. The summed E-state index contributed by atoms with van der Waals surface area (Å²) in [6, 6.07) is 11.7. The van der Waals surface area contributed by atoms with Gasteiger partial charge in [-0.1, -0.05) is 29.8 Å². The molecule has 2 aromatic carbocycles. The number of ether oxygens (including phenoxy) is 3. The summed E-state index contributed by atoms with van der Waals surface area (Å²) >= 11 is 6.34. The van der Waals surface area contributed by atoms with E-state index < -0.39 is 0 Å². The molecule has 0 aliphatic heterocycles. The zero-order chi connectivity index (χ0) is 20.4. The normalized spacial score (nSPS) is 11.1. The zero-order valence-electron chi connectivity index (χ0n) is 16.8. The van der Waals surface area contributed by atoms with Gasteiger partial charge in [0.1, 0.15) is 5.75 Å². The van der Waals surface area contributed by atoms with Crippen LogP contribution in [0.4, 0.5) is 0 Å². The summed E-state index contributed by atoms with van der Waals surface area (Å²) in [7, 11) is 3.33. The summed E-state index contributed by atoms with van der Waals surface area (Å²) < 4.78 is 16.6. The molecule has 7 heteroatoms. The highest BCUT2D eigenvalue weighted by Gasteiger charge is 2.12. The van der Waals surface area contributed by atoms with Crippen LogP contribution in [0.3, 0.4) is 0 Å². The minimum absolute atomic E-state index is 0.520. The van der Waals surface area contributed by atoms with E-state index in [4.69, 9.17) is 25.8 Å². The van der Waals surface area contributed by atoms with Crippen LogP contribution in [0, 0.1) is 0 Å². The van der Waals surface area contributed by atoms with Gasteiger partial charge in [-0.3, -0.25) is 4.99 Å². The van der Waals surface area contributed by atoms with Crippen molar-refractivity contribution in [1.82, 2.24) is 10.6 Å². The van der Waals surface area contributed by atoms with Gasteiger partial charge in [-0.05, 0) is 37.6 Å². The maximum atomic E-state index is 6.34. The molecule has 0 amide bonds. The molecule has 0 bridgehead atoms. The first-order valence-electron chi connectivity index (χ1n) is 9.27. The predicted molar refractivity (Wildman–Crippen MR) is 114 cm³/mol. The average Bonchev–Trinajstić information content (AvgIpc) is 2.71. The number of guanidine groups is 1. The minimum atomic E-state index is 0.520. The molecule has 0 unspecified atom stereocenters. The topological polar surface area (TPSA) is 64.1 Å². The lowest BCUT2D eigenvalue weighted by Gasteiger charge is -2.16. The molecule has 0 saturated heterocycles. The van der Waals surface area contributed by atoms with E-state index in [0.29, 0.717) is 48.8 Å². The molecule has 0 fully saturated rings. The summed E-state index contributed by atoms with van der Waals surface area (Å²) in [5.41, 5.74) is 2.03. The van der Waals surface area contributed by atoms with Gasteiger partial charge in [0.15, 0.2) is 17.5 Å². The van der Waals surface area contributed by atoms with Crippen molar-refractivity contribution in [2.24, 2.45) is 4.99 Å². The number of rotatable bonds is 9. The molecule has 0 saturated carbocycles. The van der Waals surface area contributed by atoms with Gasteiger partial charge in [0, 0.05) is 25.7 Å². The Morgan fingerprint density at radius 2 is 1.71 bits per heavy atom. The van der Waals surface area contributed by atoms with Crippen LogP contribution in [0.1, 0.15) is 25.0 Å². The molecule has 152 valence electrons. The summed E-state index contributed by atoms with van der Waals surface area (Å²) in [6.07, 6.45) is 0. The number of para-hydroxylation sites is 1. The second kappa shape index (κ2) is 11.3. The first-order valence-corrected chi connectivity index (χ1v) is 9.65.